The van der Waals surface area contributed by atoms with Gasteiger partial charge in [-0.05, 0) is 37.0 Å². The van der Waals surface area contributed by atoms with E-state index in [1.165, 1.54) is 6.42 Å². The number of hydrogen-bond donors (Lipinski definition) is 0. The molecule has 0 aromatic rings. The van der Waals surface area contributed by atoms with Crippen LogP contribution in [0.3, 0.4) is 0 Å². The summed E-state index contributed by atoms with van der Waals surface area (Å²) in [7, 11) is 1.80. The van der Waals surface area contributed by atoms with Gasteiger partial charge in [0.15, 0.2) is 0 Å². The van der Waals surface area contributed by atoms with E-state index in [-0.39, 0.29) is 5.41 Å². The molecule has 0 spiro atoms. The predicted octanol–water partition coefficient (Wildman–Crippen LogP) is 3.05. The molecule has 16 heavy (non-hydrogen) atoms. The molecule has 0 bridgehead atoms. The molecule has 0 aromatic carbocycles. The summed E-state index contributed by atoms with van der Waals surface area (Å²) in [6.45, 7) is 6.66. The van der Waals surface area contributed by atoms with E-state index in [0.717, 1.165) is 19.3 Å². The van der Waals surface area contributed by atoms with Gasteiger partial charge in [0.25, 0.3) is 0 Å². The Morgan fingerprint density at radius 1 is 1.38 bits per heavy atom. The number of ether oxygens (including phenoxy) is 1. The molecule has 92 valence electrons. The van der Waals surface area contributed by atoms with E-state index >= 15 is 0 Å². The summed E-state index contributed by atoms with van der Waals surface area (Å²) in [5.74, 6) is 2.11. The van der Waals surface area contributed by atoms with Crippen LogP contribution >= 0.6 is 0 Å². The van der Waals surface area contributed by atoms with Crippen LogP contribution in [-0.2, 0) is 9.53 Å². The first-order valence-corrected chi connectivity index (χ1v) is 6.55. The normalized spacial score (nSPS) is 48.9. The molecule has 2 aliphatic carbocycles. The van der Waals surface area contributed by atoms with Gasteiger partial charge in [-0.15, -0.1) is 0 Å². The summed E-state index contributed by atoms with van der Waals surface area (Å²) in [5.41, 5.74) is -0.0546. The number of fused-ring (bicyclic) bond motifs is 1. The van der Waals surface area contributed by atoms with Crippen molar-refractivity contribution in [3.05, 3.63) is 0 Å². The zero-order valence-electron chi connectivity index (χ0n) is 11.0. The van der Waals surface area contributed by atoms with Crippen molar-refractivity contribution in [2.24, 2.45) is 23.2 Å². The van der Waals surface area contributed by atoms with E-state index < -0.39 is 0 Å². The van der Waals surface area contributed by atoms with Gasteiger partial charge in [0.05, 0.1) is 6.10 Å². The molecule has 0 amide bonds. The molecule has 0 radical (unpaired) electrons. The Kier molecular flexibility index (Phi) is 3.13. The third-order valence-electron chi connectivity index (χ3n) is 5.12. The fourth-order valence-electron chi connectivity index (χ4n) is 3.95. The molecule has 2 saturated carbocycles. The lowest BCUT2D eigenvalue weighted by atomic mass is 9.54. The third kappa shape index (κ3) is 1.71. The lowest BCUT2D eigenvalue weighted by Gasteiger charge is -2.51. The molecule has 2 aliphatic rings. The van der Waals surface area contributed by atoms with Gasteiger partial charge in [-0.2, -0.15) is 0 Å². The topological polar surface area (TPSA) is 26.3 Å². The maximum atomic E-state index is 12.3. The Labute approximate surface area is 98.7 Å². The van der Waals surface area contributed by atoms with Crippen LogP contribution in [0.5, 0.6) is 0 Å². The van der Waals surface area contributed by atoms with Crippen molar-refractivity contribution < 1.29 is 9.53 Å². The minimum atomic E-state index is -0.0546. The molecule has 0 aromatic heterocycles. The van der Waals surface area contributed by atoms with Gasteiger partial charge in [0, 0.05) is 18.9 Å². The average molecular weight is 224 g/mol. The minimum Gasteiger partial charge on any atom is -0.381 e. The van der Waals surface area contributed by atoms with Gasteiger partial charge in [0.2, 0.25) is 0 Å². The maximum absolute atomic E-state index is 12.3. The number of carbonyl (C=O) groups excluding carboxylic acids is 1. The summed E-state index contributed by atoms with van der Waals surface area (Å²) in [5, 5.41) is 0. The van der Waals surface area contributed by atoms with Crippen molar-refractivity contribution in [3.63, 3.8) is 0 Å². The molecule has 0 heterocycles. The fraction of sp³-hybridized carbons (Fsp3) is 0.929. The molecular weight excluding hydrogens is 200 g/mol. The fourth-order valence-corrected chi connectivity index (χ4v) is 3.95. The van der Waals surface area contributed by atoms with Gasteiger partial charge < -0.3 is 4.74 Å². The molecule has 2 heteroatoms. The molecule has 0 aliphatic heterocycles. The third-order valence-corrected chi connectivity index (χ3v) is 5.12. The van der Waals surface area contributed by atoms with Crippen LogP contribution in [0, 0.1) is 23.2 Å². The highest BCUT2D eigenvalue weighted by Crippen LogP contribution is 2.52. The van der Waals surface area contributed by atoms with Crippen LogP contribution < -0.4 is 0 Å². The Morgan fingerprint density at radius 2 is 2.06 bits per heavy atom. The lowest BCUT2D eigenvalue weighted by Crippen LogP contribution is -2.51. The Bertz CT molecular complexity index is 286. The van der Waals surface area contributed by atoms with E-state index in [0.29, 0.717) is 29.6 Å². The first kappa shape index (κ1) is 12.1. The van der Waals surface area contributed by atoms with Crippen molar-refractivity contribution in [3.8, 4) is 0 Å². The molecule has 2 nitrogen and oxygen atoms in total. The van der Waals surface area contributed by atoms with E-state index in [9.17, 15) is 4.79 Å². The standard InChI is InChI=1S/C14H24O2/c1-9-7-11-10(2)12(16-4)5-6-14(11,3)13(15)8-9/h9-12H,5-8H2,1-4H3/t9-,10+,11+,12?,14+/m1/s1. The summed E-state index contributed by atoms with van der Waals surface area (Å²) in [6.07, 6.45) is 4.41. The van der Waals surface area contributed by atoms with Crippen LogP contribution in [-0.4, -0.2) is 19.0 Å². The van der Waals surface area contributed by atoms with Crippen molar-refractivity contribution in [2.75, 3.05) is 7.11 Å². The molecule has 2 rings (SSSR count). The van der Waals surface area contributed by atoms with Gasteiger partial charge in [0.1, 0.15) is 5.78 Å². The molecular formula is C14H24O2. The smallest absolute Gasteiger partial charge is 0.139 e. The molecule has 2 fully saturated rings. The Morgan fingerprint density at radius 3 is 2.69 bits per heavy atom. The molecule has 1 unspecified atom stereocenters. The van der Waals surface area contributed by atoms with Crippen molar-refractivity contribution in [1.82, 2.24) is 0 Å². The predicted molar refractivity (Wildman–Crippen MR) is 64.2 cm³/mol. The first-order valence-electron chi connectivity index (χ1n) is 6.55. The molecule has 5 atom stereocenters. The maximum Gasteiger partial charge on any atom is 0.139 e. The molecule has 0 N–H and O–H groups in total. The SMILES string of the molecule is COC1CC[C@]2(C)C(=O)C[C@H](C)C[C@H]2[C@@H]1C. The van der Waals surface area contributed by atoms with Gasteiger partial charge in [-0.3, -0.25) is 4.79 Å². The number of hydrogen-bond acceptors (Lipinski definition) is 2. The van der Waals surface area contributed by atoms with Crippen molar-refractivity contribution >= 4 is 5.78 Å². The number of carbonyl (C=O) groups is 1. The van der Waals surface area contributed by atoms with Crippen LogP contribution in [0.1, 0.15) is 46.5 Å². The second-order valence-corrected chi connectivity index (χ2v) is 6.16. The van der Waals surface area contributed by atoms with E-state index in [1.807, 2.05) is 0 Å². The van der Waals surface area contributed by atoms with Crippen molar-refractivity contribution in [2.45, 2.75) is 52.6 Å². The lowest BCUT2D eigenvalue weighted by molar-refractivity contribution is -0.147. The van der Waals surface area contributed by atoms with Gasteiger partial charge >= 0.3 is 0 Å². The zero-order chi connectivity index (χ0) is 11.9. The highest BCUT2D eigenvalue weighted by Gasteiger charge is 2.51. The van der Waals surface area contributed by atoms with Crippen molar-refractivity contribution in [1.29, 1.82) is 0 Å². The summed E-state index contributed by atoms with van der Waals surface area (Å²) >= 11 is 0. The quantitative estimate of drug-likeness (QED) is 0.684. The second kappa shape index (κ2) is 4.14. The van der Waals surface area contributed by atoms with E-state index in [2.05, 4.69) is 20.8 Å². The van der Waals surface area contributed by atoms with Crippen LogP contribution in [0.15, 0.2) is 0 Å². The summed E-state index contributed by atoms with van der Waals surface area (Å²) in [4.78, 5) is 12.3. The van der Waals surface area contributed by atoms with Crippen LogP contribution in [0.2, 0.25) is 0 Å². The number of Topliss-reactive ketones (excluding diaryl/α,β-unsaturated/α-hetero) is 1. The first-order chi connectivity index (χ1) is 7.49. The summed E-state index contributed by atoms with van der Waals surface area (Å²) in [6, 6.07) is 0. The Hall–Kier alpha value is -0.370. The molecule has 0 saturated heterocycles. The van der Waals surface area contributed by atoms with Crippen LogP contribution in [0.25, 0.3) is 0 Å². The number of ketones is 1. The van der Waals surface area contributed by atoms with E-state index in [4.69, 9.17) is 4.74 Å². The Balaban J connectivity index is 2.24. The summed E-state index contributed by atoms with van der Waals surface area (Å²) < 4.78 is 5.56. The zero-order valence-corrected chi connectivity index (χ0v) is 11.0. The number of rotatable bonds is 1. The largest absolute Gasteiger partial charge is 0.381 e. The van der Waals surface area contributed by atoms with Gasteiger partial charge in [-0.1, -0.05) is 20.8 Å². The van der Waals surface area contributed by atoms with Gasteiger partial charge in [-0.25, -0.2) is 0 Å². The highest BCUT2D eigenvalue weighted by atomic mass is 16.5. The van der Waals surface area contributed by atoms with Crippen LogP contribution in [0.4, 0.5) is 0 Å². The average Bonchev–Trinajstić information content (AvgIpc) is 2.23. The highest BCUT2D eigenvalue weighted by molar-refractivity contribution is 5.86. The number of methoxy groups -OCH3 is 1. The monoisotopic (exact) mass is 224 g/mol. The van der Waals surface area contributed by atoms with E-state index in [1.54, 1.807) is 7.11 Å². The second-order valence-electron chi connectivity index (χ2n) is 6.16. The minimum absolute atomic E-state index is 0.0546.